The van der Waals surface area contributed by atoms with Crippen LogP contribution in [0.3, 0.4) is 0 Å². The van der Waals surface area contributed by atoms with Crippen molar-refractivity contribution in [2.75, 3.05) is 19.7 Å². The first-order valence-electron chi connectivity index (χ1n) is 2.61. The monoisotopic (exact) mass is 128 g/mol. The Bertz CT molecular complexity index is 134. The Morgan fingerprint density at radius 2 is 2.56 bits per heavy atom. The minimum atomic E-state index is -0.418. The highest BCUT2D eigenvalue weighted by molar-refractivity contribution is 5.72. The van der Waals surface area contributed by atoms with Crippen LogP contribution >= 0.6 is 0 Å². The molecule has 9 heavy (non-hydrogen) atoms. The summed E-state index contributed by atoms with van der Waals surface area (Å²) in [7, 11) is 0. The molecule has 0 aromatic carbocycles. The van der Waals surface area contributed by atoms with Gasteiger partial charge in [-0.05, 0) is 0 Å². The van der Waals surface area contributed by atoms with Crippen molar-refractivity contribution in [3.8, 4) is 0 Å². The van der Waals surface area contributed by atoms with Crippen LogP contribution < -0.4 is 0 Å². The first kappa shape index (κ1) is 6.07. The smallest absolute Gasteiger partial charge is 0.410 e. The van der Waals surface area contributed by atoms with Crippen molar-refractivity contribution in [3.05, 3.63) is 0 Å². The second kappa shape index (κ2) is 2.48. The van der Waals surface area contributed by atoms with Gasteiger partial charge in [-0.15, -0.1) is 0 Å². The SMILES string of the molecule is O=[C]CN1CCOC1=O. The topological polar surface area (TPSA) is 46.6 Å². The molecule has 1 aliphatic rings. The van der Waals surface area contributed by atoms with Crippen LogP contribution in [-0.2, 0) is 9.53 Å². The molecule has 0 bridgehead atoms. The summed E-state index contributed by atoms with van der Waals surface area (Å²) in [6.45, 7) is 0.924. The summed E-state index contributed by atoms with van der Waals surface area (Å²) in [6, 6.07) is 0. The Kier molecular flexibility index (Phi) is 1.67. The van der Waals surface area contributed by atoms with Crippen LogP contribution in [0.5, 0.6) is 0 Å². The molecule has 0 atom stereocenters. The highest BCUT2D eigenvalue weighted by Gasteiger charge is 2.20. The highest BCUT2D eigenvalue weighted by Crippen LogP contribution is 1.99. The second-order valence-corrected chi connectivity index (χ2v) is 1.68. The minimum Gasteiger partial charge on any atom is -0.448 e. The molecule has 0 spiro atoms. The van der Waals surface area contributed by atoms with Crippen LogP contribution in [0.15, 0.2) is 0 Å². The third-order valence-electron chi connectivity index (χ3n) is 1.10. The Hall–Kier alpha value is -1.06. The molecule has 0 aromatic heterocycles. The van der Waals surface area contributed by atoms with Crippen LogP contribution in [-0.4, -0.2) is 37.0 Å². The first-order chi connectivity index (χ1) is 4.34. The van der Waals surface area contributed by atoms with E-state index in [1.807, 2.05) is 0 Å². The van der Waals surface area contributed by atoms with Gasteiger partial charge in [0.15, 0.2) is 0 Å². The summed E-state index contributed by atoms with van der Waals surface area (Å²) in [4.78, 5) is 21.5. The van der Waals surface area contributed by atoms with E-state index in [1.165, 1.54) is 4.90 Å². The number of nitrogens with zero attached hydrogens (tertiary/aromatic N) is 1. The second-order valence-electron chi connectivity index (χ2n) is 1.68. The fourth-order valence-electron chi connectivity index (χ4n) is 0.647. The van der Waals surface area contributed by atoms with E-state index in [0.29, 0.717) is 13.2 Å². The average molecular weight is 128 g/mol. The zero-order valence-corrected chi connectivity index (χ0v) is 4.79. The molecule has 1 aliphatic heterocycles. The van der Waals surface area contributed by atoms with Gasteiger partial charge in [0, 0.05) is 0 Å². The van der Waals surface area contributed by atoms with E-state index in [0.717, 1.165) is 0 Å². The van der Waals surface area contributed by atoms with Crippen molar-refractivity contribution >= 4 is 12.4 Å². The van der Waals surface area contributed by atoms with Gasteiger partial charge in [0.05, 0.1) is 13.1 Å². The molecule has 1 amide bonds. The van der Waals surface area contributed by atoms with Gasteiger partial charge in [-0.1, -0.05) is 0 Å². The normalized spacial score (nSPS) is 17.8. The van der Waals surface area contributed by atoms with Crippen molar-refractivity contribution in [1.82, 2.24) is 4.90 Å². The highest BCUT2D eigenvalue weighted by atomic mass is 16.6. The van der Waals surface area contributed by atoms with E-state index in [2.05, 4.69) is 4.74 Å². The maximum atomic E-state index is 10.5. The van der Waals surface area contributed by atoms with Crippen molar-refractivity contribution in [2.24, 2.45) is 0 Å². The minimum absolute atomic E-state index is 0.0266. The molecule has 4 nitrogen and oxygen atoms in total. The number of ether oxygens (including phenoxy) is 1. The number of carbonyl (C=O) groups is 1. The van der Waals surface area contributed by atoms with Crippen LogP contribution in [0.2, 0.25) is 0 Å². The van der Waals surface area contributed by atoms with Gasteiger partial charge in [-0.25, -0.2) is 4.79 Å². The van der Waals surface area contributed by atoms with Crippen LogP contribution in [0.25, 0.3) is 0 Å². The Balaban J connectivity index is 2.39. The van der Waals surface area contributed by atoms with Crippen LogP contribution in [0.4, 0.5) is 4.79 Å². The van der Waals surface area contributed by atoms with Crippen molar-refractivity contribution in [3.63, 3.8) is 0 Å². The molecule has 1 saturated heterocycles. The molecule has 0 saturated carbocycles. The van der Waals surface area contributed by atoms with Crippen LogP contribution in [0, 0.1) is 0 Å². The van der Waals surface area contributed by atoms with E-state index in [9.17, 15) is 9.59 Å². The van der Waals surface area contributed by atoms with Gasteiger partial charge in [0.2, 0.25) is 6.29 Å². The lowest BCUT2D eigenvalue weighted by molar-refractivity contribution is 0.161. The molecule has 1 heterocycles. The molecule has 0 aromatic rings. The summed E-state index contributed by atoms with van der Waals surface area (Å²) < 4.78 is 4.53. The number of hydrogen-bond acceptors (Lipinski definition) is 3. The van der Waals surface area contributed by atoms with E-state index in [-0.39, 0.29) is 6.54 Å². The van der Waals surface area contributed by atoms with Crippen LogP contribution in [0.1, 0.15) is 0 Å². The molecule has 0 N–H and O–H groups in total. The van der Waals surface area contributed by atoms with Crippen molar-refractivity contribution in [2.45, 2.75) is 0 Å². The Labute approximate surface area is 52.4 Å². The summed E-state index contributed by atoms with van der Waals surface area (Å²) >= 11 is 0. The number of amides is 1. The lowest BCUT2D eigenvalue weighted by Crippen LogP contribution is -2.25. The molecular formula is C5H6NO3. The molecule has 1 radical (unpaired) electrons. The summed E-state index contributed by atoms with van der Waals surface area (Å²) in [5.74, 6) is 0. The first-order valence-corrected chi connectivity index (χ1v) is 2.61. The molecule has 0 unspecified atom stereocenters. The predicted octanol–water partition coefficient (Wildman–Crippen LogP) is -0.452. The van der Waals surface area contributed by atoms with E-state index < -0.39 is 6.09 Å². The van der Waals surface area contributed by atoms with Crippen molar-refractivity contribution in [1.29, 1.82) is 0 Å². The van der Waals surface area contributed by atoms with Gasteiger partial charge >= 0.3 is 6.09 Å². The molecular weight excluding hydrogens is 122 g/mol. The molecule has 1 rings (SSSR count). The molecule has 49 valence electrons. The lowest BCUT2D eigenvalue weighted by atomic mass is 10.6. The summed E-state index contributed by atoms with van der Waals surface area (Å²) in [6.07, 6.45) is 1.20. The number of cyclic esters (lactones) is 1. The number of carbonyl (C=O) groups excluding carboxylic acids is 2. The third kappa shape index (κ3) is 1.19. The van der Waals surface area contributed by atoms with Crippen molar-refractivity contribution < 1.29 is 14.3 Å². The third-order valence-corrected chi connectivity index (χ3v) is 1.10. The van der Waals surface area contributed by atoms with Gasteiger partial charge in [-0.3, -0.25) is 9.69 Å². The largest absolute Gasteiger partial charge is 0.448 e. The average Bonchev–Trinajstić information content (AvgIpc) is 2.18. The van der Waals surface area contributed by atoms with E-state index in [4.69, 9.17) is 0 Å². The molecule has 4 heteroatoms. The fourth-order valence-corrected chi connectivity index (χ4v) is 0.647. The van der Waals surface area contributed by atoms with Gasteiger partial charge < -0.3 is 4.74 Å². The van der Waals surface area contributed by atoms with Gasteiger partial charge in [0.25, 0.3) is 0 Å². The predicted molar refractivity (Wildman–Crippen MR) is 28.6 cm³/mol. The number of rotatable bonds is 2. The standard InChI is InChI=1S/C5H6NO3/c7-3-1-6-2-4-9-5(6)8/h1-2,4H2. The zero-order valence-electron chi connectivity index (χ0n) is 4.79. The van der Waals surface area contributed by atoms with E-state index >= 15 is 0 Å². The summed E-state index contributed by atoms with van der Waals surface area (Å²) in [5.41, 5.74) is 0. The molecule has 0 aliphatic carbocycles. The summed E-state index contributed by atoms with van der Waals surface area (Å²) in [5, 5.41) is 0. The quantitative estimate of drug-likeness (QED) is 0.506. The number of hydrogen-bond donors (Lipinski definition) is 0. The zero-order chi connectivity index (χ0) is 6.69. The van der Waals surface area contributed by atoms with Gasteiger partial charge in [0.1, 0.15) is 6.61 Å². The maximum Gasteiger partial charge on any atom is 0.410 e. The van der Waals surface area contributed by atoms with E-state index in [1.54, 1.807) is 6.29 Å². The Morgan fingerprint density at radius 3 is 3.00 bits per heavy atom. The maximum absolute atomic E-state index is 10.5. The molecule has 1 fully saturated rings. The Morgan fingerprint density at radius 1 is 1.78 bits per heavy atom. The lowest BCUT2D eigenvalue weighted by Gasteiger charge is -2.04. The van der Waals surface area contributed by atoms with Gasteiger partial charge in [-0.2, -0.15) is 0 Å². The fraction of sp³-hybridized carbons (Fsp3) is 0.600.